The third-order valence-corrected chi connectivity index (χ3v) is 0.900. The van der Waals surface area contributed by atoms with Gasteiger partial charge in [-0.15, -0.1) is 0 Å². The Hall–Kier alpha value is -0.590. The predicted octanol–water partition coefficient (Wildman–Crippen LogP) is 1.79. The Labute approximate surface area is 50.4 Å². The fourth-order valence-corrected chi connectivity index (χ4v) is 0.469. The number of aldehydes is 1. The van der Waals surface area contributed by atoms with Crippen LogP contribution in [0.1, 0.15) is 20.8 Å². The van der Waals surface area contributed by atoms with Crippen molar-refractivity contribution in [3.05, 3.63) is 12.2 Å². The highest BCUT2D eigenvalue weighted by Crippen LogP contribution is 2.11. The van der Waals surface area contributed by atoms with Crippen molar-refractivity contribution >= 4 is 6.29 Å². The van der Waals surface area contributed by atoms with Gasteiger partial charge in [-0.05, 0) is 20.8 Å². The van der Waals surface area contributed by atoms with E-state index in [1.54, 1.807) is 0 Å². The molecule has 0 heterocycles. The lowest BCUT2D eigenvalue weighted by Crippen LogP contribution is -2.07. The molecule has 0 aromatic carbocycles. The summed E-state index contributed by atoms with van der Waals surface area (Å²) in [5.41, 5.74) is -0.269. The first kappa shape index (κ1) is 7.41. The van der Waals surface area contributed by atoms with Crippen LogP contribution >= 0.6 is 0 Å². The van der Waals surface area contributed by atoms with Gasteiger partial charge < -0.3 is 4.79 Å². The lowest BCUT2D eigenvalue weighted by molar-refractivity contribution is -0.112. The lowest BCUT2D eigenvalue weighted by Gasteiger charge is -2.07. The molecule has 0 radical (unpaired) electrons. The maximum Gasteiger partial charge on any atom is 0.129 e. The zero-order valence-electron chi connectivity index (χ0n) is 5.64. The van der Waals surface area contributed by atoms with Gasteiger partial charge in [-0.25, -0.2) is 0 Å². The van der Waals surface area contributed by atoms with Gasteiger partial charge in [-0.1, -0.05) is 12.2 Å². The Balaban J connectivity index is 3.90. The van der Waals surface area contributed by atoms with Crippen LogP contribution < -0.4 is 0 Å². The molecule has 0 aromatic rings. The molecule has 0 saturated carbocycles. The fraction of sp³-hybridized carbons (Fsp3) is 0.571. The van der Waals surface area contributed by atoms with E-state index >= 15 is 0 Å². The average Bonchev–Trinajstić information content (AvgIpc) is 1.67. The van der Waals surface area contributed by atoms with E-state index in [0.717, 1.165) is 6.29 Å². The Morgan fingerprint density at radius 3 is 2.00 bits per heavy atom. The minimum atomic E-state index is -0.269. The van der Waals surface area contributed by atoms with E-state index in [4.69, 9.17) is 0 Å². The van der Waals surface area contributed by atoms with Gasteiger partial charge in [0, 0.05) is 5.41 Å². The van der Waals surface area contributed by atoms with Crippen LogP contribution in [-0.2, 0) is 4.79 Å². The molecule has 0 amide bonds. The van der Waals surface area contributed by atoms with Crippen LogP contribution in [0.3, 0.4) is 0 Å². The second-order valence-corrected chi connectivity index (χ2v) is 2.44. The minimum absolute atomic E-state index is 0.269. The average molecular weight is 112 g/mol. The van der Waals surface area contributed by atoms with Crippen LogP contribution in [0.15, 0.2) is 12.2 Å². The molecule has 0 aliphatic carbocycles. The standard InChI is InChI=1S/C7H12O/c1-4-5-7(2,3)6-8/h4-6H,1-3H3/b5-4-. The van der Waals surface area contributed by atoms with E-state index < -0.39 is 0 Å². The molecule has 0 aliphatic rings. The summed E-state index contributed by atoms with van der Waals surface area (Å²) >= 11 is 0. The van der Waals surface area contributed by atoms with Gasteiger partial charge >= 0.3 is 0 Å². The molecule has 0 aromatic heterocycles. The summed E-state index contributed by atoms with van der Waals surface area (Å²) in [6.07, 6.45) is 4.70. The predicted molar refractivity (Wildman–Crippen MR) is 34.7 cm³/mol. The maximum atomic E-state index is 10.2. The summed E-state index contributed by atoms with van der Waals surface area (Å²) < 4.78 is 0. The van der Waals surface area contributed by atoms with Gasteiger partial charge in [-0.3, -0.25) is 0 Å². The van der Waals surface area contributed by atoms with E-state index in [-0.39, 0.29) is 5.41 Å². The van der Waals surface area contributed by atoms with Gasteiger partial charge in [0.1, 0.15) is 6.29 Å². The Bertz CT molecular complexity index is 101. The summed E-state index contributed by atoms with van der Waals surface area (Å²) in [7, 11) is 0. The van der Waals surface area contributed by atoms with Crippen molar-refractivity contribution in [2.24, 2.45) is 5.41 Å². The molecule has 0 bridgehead atoms. The molecule has 0 unspecified atom stereocenters. The summed E-state index contributed by atoms with van der Waals surface area (Å²) in [5.74, 6) is 0. The summed E-state index contributed by atoms with van der Waals surface area (Å²) in [6.45, 7) is 5.66. The highest BCUT2D eigenvalue weighted by Gasteiger charge is 2.09. The second-order valence-electron chi connectivity index (χ2n) is 2.44. The molecule has 1 nitrogen and oxygen atoms in total. The molecule has 0 rings (SSSR count). The van der Waals surface area contributed by atoms with E-state index in [2.05, 4.69) is 0 Å². The zero-order chi connectivity index (χ0) is 6.62. The van der Waals surface area contributed by atoms with E-state index in [1.165, 1.54) is 0 Å². The molecule has 0 spiro atoms. The van der Waals surface area contributed by atoms with Crippen molar-refractivity contribution in [1.82, 2.24) is 0 Å². The number of carbonyl (C=O) groups excluding carboxylic acids is 1. The number of allylic oxidation sites excluding steroid dienone is 2. The number of hydrogen-bond donors (Lipinski definition) is 0. The smallest absolute Gasteiger partial charge is 0.129 e. The highest BCUT2D eigenvalue weighted by atomic mass is 16.1. The first-order valence-corrected chi connectivity index (χ1v) is 2.72. The van der Waals surface area contributed by atoms with Crippen LogP contribution in [0.4, 0.5) is 0 Å². The molecule has 8 heavy (non-hydrogen) atoms. The summed E-state index contributed by atoms with van der Waals surface area (Å²) in [5, 5.41) is 0. The molecule has 46 valence electrons. The van der Waals surface area contributed by atoms with Crippen molar-refractivity contribution < 1.29 is 4.79 Å². The van der Waals surface area contributed by atoms with Gasteiger partial charge in [-0.2, -0.15) is 0 Å². The fourth-order valence-electron chi connectivity index (χ4n) is 0.469. The van der Waals surface area contributed by atoms with Crippen molar-refractivity contribution in [2.45, 2.75) is 20.8 Å². The Morgan fingerprint density at radius 2 is 1.88 bits per heavy atom. The Morgan fingerprint density at radius 1 is 1.38 bits per heavy atom. The monoisotopic (exact) mass is 112 g/mol. The van der Waals surface area contributed by atoms with E-state index in [9.17, 15) is 4.79 Å². The largest absolute Gasteiger partial charge is 0.302 e. The number of carbonyl (C=O) groups is 1. The Kier molecular flexibility index (Phi) is 2.46. The van der Waals surface area contributed by atoms with Gasteiger partial charge in [0.25, 0.3) is 0 Å². The molecule has 1 heteroatoms. The van der Waals surface area contributed by atoms with E-state index in [1.807, 2.05) is 32.9 Å². The highest BCUT2D eigenvalue weighted by molar-refractivity contribution is 5.60. The number of rotatable bonds is 2. The quantitative estimate of drug-likeness (QED) is 0.393. The first-order chi connectivity index (χ1) is 3.62. The maximum absolute atomic E-state index is 10.2. The van der Waals surface area contributed by atoms with Gasteiger partial charge in [0.2, 0.25) is 0 Å². The normalized spacial score (nSPS) is 12.4. The molecule has 0 saturated heterocycles. The summed E-state index contributed by atoms with van der Waals surface area (Å²) in [6, 6.07) is 0. The van der Waals surface area contributed by atoms with Crippen molar-refractivity contribution in [3.63, 3.8) is 0 Å². The van der Waals surface area contributed by atoms with Crippen LogP contribution in [-0.4, -0.2) is 6.29 Å². The van der Waals surface area contributed by atoms with Crippen molar-refractivity contribution in [1.29, 1.82) is 0 Å². The van der Waals surface area contributed by atoms with Crippen molar-refractivity contribution in [2.75, 3.05) is 0 Å². The van der Waals surface area contributed by atoms with E-state index in [0.29, 0.717) is 0 Å². The zero-order valence-corrected chi connectivity index (χ0v) is 5.64. The minimum Gasteiger partial charge on any atom is -0.302 e. The molecule has 0 fully saturated rings. The SMILES string of the molecule is C/C=C\C(C)(C)C=O. The number of hydrogen-bond acceptors (Lipinski definition) is 1. The first-order valence-electron chi connectivity index (χ1n) is 2.72. The third-order valence-electron chi connectivity index (χ3n) is 0.900. The van der Waals surface area contributed by atoms with Gasteiger partial charge in [0.05, 0.1) is 0 Å². The van der Waals surface area contributed by atoms with Crippen molar-refractivity contribution in [3.8, 4) is 0 Å². The molecular formula is C7H12O. The topological polar surface area (TPSA) is 17.1 Å². The second kappa shape index (κ2) is 2.65. The lowest BCUT2D eigenvalue weighted by atomic mass is 9.96. The molecule has 0 N–H and O–H groups in total. The third kappa shape index (κ3) is 2.56. The molecule has 0 aliphatic heterocycles. The molecule has 0 atom stereocenters. The van der Waals surface area contributed by atoms with Gasteiger partial charge in [0.15, 0.2) is 0 Å². The van der Waals surface area contributed by atoms with Crippen LogP contribution in [0.2, 0.25) is 0 Å². The van der Waals surface area contributed by atoms with Crippen LogP contribution in [0.25, 0.3) is 0 Å². The van der Waals surface area contributed by atoms with Crippen LogP contribution in [0, 0.1) is 5.41 Å². The molecular weight excluding hydrogens is 100 g/mol. The summed E-state index contributed by atoms with van der Waals surface area (Å²) in [4.78, 5) is 10.2. The van der Waals surface area contributed by atoms with Crippen LogP contribution in [0.5, 0.6) is 0 Å².